The van der Waals surface area contributed by atoms with Crippen molar-refractivity contribution in [2.24, 2.45) is 11.8 Å². The second kappa shape index (κ2) is 68.3. The van der Waals surface area contributed by atoms with Gasteiger partial charge in [0.2, 0.25) is 0 Å². The Morgan fingerprint density at radius 1 is 0.323 bits per heavy atom. The molecule has 0 heterocycles. The molecule has 0 saturated heterocycles. The lowest BCUT2D eigenvalue weighted by atomic mass is 10.0. The number of aliphatic hydroxyl groups is 1. The fraction of sp³-hybridized carbons (Fsp3) is 0.896. The van der Waals surface area contributed by atoms with Gasteiger partial charge < -0.3 is 33.8 Å². The van der Waals surface area contributed by atoms with Crippen LogP contribution in [0.4, 0.5) is 0 Å². The molecular formula is C77H146O17P2. The number of phosphoric ester groups is 2. The number of allylic oxidation sites excluding steroid dienone is 4. The van der Waals surface area contributed by atoms with Crippen LogP contribution in [-0.4, -0.2) is 96.7 Å². The first-order valence-electron chi connectivity index (χ1n) is 39.3. The Morgan fingerprint density at radius 2 is 0.562 bits per heavy atom. The van der Waals surface area contributed by atoms with Gasteiger partial charge in [-0.25, -0.2) is 9.13 Å². The summed E-state index contributed by atoms with van der Waals surface area (Å²) in [6.45, 7) is 9.54. The van der Waals surface area contributed by atoms with Gasteiger partial charge in [0, 0.05) is 25.7 Å². The van der Waals surface area contributed by atoms with Gasteiger partial charge in [0.1, 0.15) is 19.3 Å². The van der Waals surface area contributed by atoms with Gasteiger partial charge in [-0.2, -0.15) is 0 Å². The average molecular weight is 1410 g/mol. The first-order valence-corrected chi connectivity index (χ1v) is 42.3. The van der Waals surface area contributed by atoms with Crippen LogP contribution in [0.3, 0.4) is 0 Å². The number of ether oxygens (including phenoxy) is 4. The van der Waals surface area contributed by atoms with Crippen LogP contribution in [-0.2, 0) is 65.4 Å². The molecule has 0 aromatic carbocycles. The summed E-state index contributed by atoms with van der Waals surface area (Å²) in [5.74, 6) is -0.576. The van der Waals surface area contributed by atoms with Gasteiger partial charge in [0.05, 0.1) is 26.4 Å². The zero-order chi connectivity index (χ0) is 70.7. The van der Waals surface area contributed by atoms with E-state index in [0.29, 0.717) is 25.7 Å². The Labute approximate surface area is 586 Å². The van der Waals surface area contributed by atoms with Crippen LogP contribution < -0.4 is 0 Å². The van der Waals surface area contributed by atoms with Crippen LogP contribution in [0.5, 0.6) is 0 Å². The number of phosphoric acid groups is 2. The third-order valence-electron chi connectivity index (χ3n) is 17.3. The molecule has 0 aliphatic rings. The quantitative estimate of drug-likeness (QED) is 0.0169. The van der Waals surface area contributed by atoms with Crippen LogP contribution in [0, 0.1) is 11.8 Å². The minimum Gasteiger partial charge on any atom is -0.462 e. The third kappa shape index (κ3) is 70.0. The number of aliphatic hydroxyl groups excluding tert-OH is 1. The van der Waals surface area contributed by atoms with Crippen molar-refractivity contribution in [2.75, 3.05) is 39.6 Å². The molecule has 0 saturated carbocycles. The third-order valence-corrected chi connectivity index (χ3v) is 19.2. The van der Waals surface area contributed by atoms with Crippen molar-refractivity contribution < 1.29 is 80.2 Å². The fourth-order valence-electron chi connectivity index (χ4n) is 11.3. The lowest BCUT2D eigenvalue weighted by molar-refractivity contribution is -0.161. The van der Waals surface area contributed by atoms with E-state index in [9.17, 15) is 43.2 Å². The topological polar surface area (TPSA) is 237 Å². The summed E-state index contributed by atoms with van der Waals surface area (Å²) >= 11 is 0. The highest BCUT2D eigenvalue weighted by molar-refractivity contribution is 7.47. The second-order valence-electron chi connectivity index (χ2n) is 28.0. The summed E-state index contributed by atoms with van der Waals surface area (Å²) in [6.07, 6.45) is 59.1. The number of unbranched alkanes of at least 4 members (excludes halogenated alkanes) is 41. The Hall–Kier alpha value is -2.46. The van der Waals surface area contributed by atoms with Gasteiger partial charge in [-0.05, 0) is 63.2 Å². The molecule has 566 valence electrons. The van der Waals surface area contributed by atoms with Gasteiger partial charge >= 0.3 is 39.5 Å². The predicted octanol–water partition coefficient (Wildman–Crippen LogP) is 22.3. The molecule has 0 bridgehead atoms. The molecule has 0 aliphatic heterocycles. The number of rotatable bonds is 74. The van der Waals surface area contributed by atoms with E-state index in [2.05, 4.69) is 65.8 Å². The lowest BCUT2D eigenvalue weighted by Crippen LogP contribution is -2.30. The molecule has 0 rings (SSSR count). The molecule has 0 radical (unpaired) electrons. The molecule has 0 fully saturated rings. The number of carbonyl (C=O) groups excluding carboxylic acids is 4. The van der Waals surface area contributed by atoms with Gasteiger partial charge in [-0.3, -0.25) is 37.3 Å². The van der Waals surface area contributed by atoms with Crippen LogP contribution in [0.1, 0.15) is 375 Å². The van der Waals surface area contributed by atoms with E-state index in [1.165, 1.54) is 167 Å². The fourth-order valence-corrected chi connectivity index (χ4v) is 12.9. The number of esters is 4. The molecule has 0 spiro atoms. The van der Waals surface area contributed by atoms with E-state index in [-0.39, 0.29) is 25.7 Å². The highest BCUT2D eigenvalue weighted by Gasteiger charge is 2.30. The van der Waals surface area contributed by atoms with Gasteiger partial charge in [0.15, 0.2) is 12.2 Å². The first kappa shape index (κ1) is 93.5. The summed E-state index contributed by atoms with van der Waals surface area (Å²) in [4.78, 5) is 72.7. The predicted molar refractivity (Wildman–Crippen MR) is 391 cm³/mol. The molecular weight excluding hydrogens is 1260 g/mol. The maximum absolute atomic E-state index is 13.1. The Balaban J connectivity index is 5.24. The maximum Gasteiger partial charge on any atom is 0.472 e. The van der Waals surface area contributed by atoms with E-state index in [0.717, 1.165) is 127 Å². The molecule has 0 amide bonds. The standard InChI is InChI=1S/C77H146O17P2/c1-7-9-11-13-15-17-18-19-22-26-31-36-42-48-54-60-75(80)88-66-73(94-76(81)61-55-49-43-37-32-27-24-21-20-23-25-29-34-39-45-51-57-69(3)4)68-92-96(85,86)90-64-71(78)63-89-95(83,84)91-67-72(65-87-74(79)59-53-47-41-16-14-12-10-8-2)93-77(82)62-56-50-44-38-33-28-30-35-40-46-52-58-70(5)6/h17-19,22,69-73,78H,7-16,20-21,23-68H2,1-6H3,(H,83,84)(H,85,86)/b18-17-,22-19-/t71-,72+,73+/m0/s1. The highest BCUT2D eigenvalue weighted by Crippen LogP contribution is 2.45. The molecule has 5 atom stereocenters. The normalized spacial score (nSPS) is 14.2. The molecule has 0 aliphatic carbocycles. The van der Waals surface area contributed by atoms with Gasteiger partial charge in [0.25, 0.3) is 0 Å². The van der Waals surface area contributed by atoms with E-state index in [4.69, 9.17) is 37.0 Å². The smallest absolute Gasteiger partial charge is 0.462 e. The number of hydrogen-bond acceptors (Lipinski definition) is 15. The molecule has 0 aromatic heterocycles. The summed E-state index contributed by atoms with van der Waals surface area (Å²) in [6, 6.07) is 0. The van der Waals surface area contributed by atoms with Crippen molar-refractivity contribution in [1.29, 1.82) is 0 Å². The zero-order valence-corrected chi connectivity index (χ0v) is 63.9. The van der Waals surface area contributed by atoms with Crippen LogP contribution >= 0.6 is 15.6 Å². The Bertz CT molecular complexity index is 1950. The second-order valence-corrected chi connectivity index (χ2v) is 30.9. The van der Waals surface area contributed by atoms with E-state index >= 15 is 0 Å². The Morgan fingerprint density at radius 3 is 0.854 bits per heavy atom. The zero-order valence-electron chi connectivity index (χ0n) is 62.2. The summed E-state index contributed by atoms with van der Waals surface area (Å²) < 4.78 is 68.4. The van der Waals surface area contributed by atoms with Crippen LogP contribution in [0.25, 0.3) is 0 Å². The van der Waals surface area contributed by atoms with Crippen molar-refractivity contribution in [1.82, 2.24) is 0 Å². The average Bonchev–Trinajstić information content (AvgIpc) is 1.57. The lowest BCUT2D eigenvalue weighted by Gasteiger charge is -2.21. The van der Waals surface area contributed by atoms with Crippen LogP contribution in [0.15, 0.2) is 24.3 Å². The van der Waals surface area contributed by atoms with Crippen LogP contribution in [0.2, 0.25) is 0 Å². The SMILES string of the molecule is CCCCCC/C=C\C=C/CCCCCCCC(=O)OC[C@H](COP(=O)(O)OC[C@@H](O)COP(=O)(O)OC[C@@H](COC(=O)CCCCCCCCCC)OC(=O)CCCCCCCCCCCCCC(C)C)OC(=O)CCCCCCCCCCCCCCCCCCC(C)C. The van der Waals surface area contributed by atoms with E-state index < -0.39 is 97.5 Å². The van der Waals surface area contributed by atoms with Crippen molar-refractivity contribution in [3.05, 3.63) is 24.3 Å². The highest BCUT2D eigenvalue weighted by atomic mass is 31.2. The van der Waals surface area contributed by atoms with Gasteiger partial charge in [-0.15, -0.1) is 0 Å². The molecule has 3 N–H and O–H groups in total. The largest absolute Gasteiger partial charge is 0.472 e. The monoisotopic (exact) mass is 1410 g/mol. The summed E-state index contributed by atoms with van der Waals surface area (Å²) in [5.41, 5.74) is 0. The minimum atomic E-state index is -4.96. The van der Waals surface area contributed by atoms with Crippen molar-refractivity contribution in [3.63, 3.8) is 0 Å². The molecule has 0 aromatic rings. The molecule has 2 unspecified atom stereocenters. The molecule has 96 heavy (non-hydrogen) atoms. The maximum atomic E-state index is 13.1. The minimum absolute atomic E-state index is 0.101. The van der Waals surface area contributed by atoms with Crippen molar-refractivity contribution >= 4 is 39.5 Å². The molecule has 19 heteroatoms. The summed E-state index contributed by atoms with van der Waals surface area (Å²) in [5, 5.41) is 10.6. The first-order chi connectivity index (χ1) is 46.4. The van der Waals surface area contributed by atoms with Gasteiger partial charge in [-0.1, -0.05) is 323 Å². The summed E-state index contributed by atoms with van der Waals surface area (Å²) in [7, 11) is -9.92. The number of hydrogen-bond donors (Lipinski definition) is 3. The van der Waals surface area contributed by atoms with E-state index in [1.54, 1.807) is 0 Å². The number of carbonyl (C=O) groups is 4. The van der Waals surface area contributed by atoms with Crippen molar-refractivity contribution in [3.8, 4) is 0 Å². The Kier molecular flexibility index (Phi) is 66.6. The van der Waals surface area contributed by atoms with Crippen molar-refractivity contribution in [2.45, 2.75) is 394 Å². The molecule has 17 nitrogen and oxygen atoms in total. The van der Waals surface area contributed by atoms with E-state index in [1.807, 2.05) is 0 Å².